The molecule has 270 valence electrons. The van der Waals surface area contributed by atoms with Crippen molar-refractivity contribution in [3.05, 3.63) is 143 Å². The van der Waals surface area contributed by atoms with Crippen LogP contribution < -0.4 is 9.80 Å². The molecule has 0 atom stereocenters. The summed E-state index contributed by atoms with van der Waals surface area (Å²) < 4.78 is 0. The van der Waals surface area contributed by atoms with Crippen LogP contribution in [0, 0.1) is 24.7 Å². The molecule has 0 aliphatic heterocycles. The predicted molar refractivity (Wildman–Crippen MR) is 225 cm³/mol. The quantitative estimate of drug-likeness (QED) is 0.175. The third-order valence-corrected chi connectivity index (χ3v) is 15.4. The topological polar surface area (TPSA) is 6.48 Å². The van der Waals surface area contributed by atoms with Crippen LogP contribution in [0.4, 0.5) is 34.1 Å². The van der Waals surface area contributed by atoms with Gasteiger partial charge in [-0.25, -0.2) is 0 Å². The molecule has 2 aliphatic rings. The van der Waals surface area contributed by atoms with Crippen LogP contribution in [-0.4, -0.2) is 0 Å². The van der Waals surface area contributed by atoms with Gasteiger partial charge in [-0.3, -0.25) is 0 Å². The van der Waals surface area contributed by atoms with Gasteiger partial charge in [-0.15, -0.1) is 0 Å². The number of hydrogen-bond donors (Lipinski definition) is 0. The molecule has 0 saturated carbocycles. The number of fused-ring (bicyclic) bond motifs is 2. The maximum absolute atomic E-state index is 2.47. The highest BCUT2D eigenvalue weighted by Crippen LogP contribution is 2.63. The summed E-state index contributed by atoms with van der Waals surface area (Å²) >= 11 is 0. The molecule has 0 spiro atoms. The van der Waals surface area contributed by atoms with E-state index >= 15 is 0 Å². The molecule has 0 aromatic heterocycles. The molecular weight excluding hydrogens is 629 g/mol. The van der Waals surface area contributed by atoms with Gasteiger partial charge in [0, 0.05) is 34.1 Å². The smallest absolute Gasteiger partial charge is 0.0464 e. The Kier molecular flexibility index (Phi) is 8.05. The minimum Gasteiger partial charge on any atom is -0.310 e. The third-order valence-electron chi connectivity index (χ3n) is 15.4. The van der Waals surface area contributed by atoms with E-state index in [-0.39, 0.29) is 32.5 Å². The van der Waals surface area contributed by atoms with Gasteiger partial charge >= 0.3 is 0 Å². The van der Waals surface area contributed by atoms with Crippen LogP contribution in [0.15, 0.2) is 109 Å². The van der Waals surface area contributed by atoms with Crippen LogP contribution in [0.2, 0.25) is 0 Å². The SMILES string of the molecule is Cc1ccc(N(c2ccc(N(c3ccc(C)cc3)c3ccc4c(c3)C(C)(C)C(C)(C)C4(C)C)cc2)c2ccc3c(c2)C(C)(C)C(C)(C)C3(C)C)cc1. The highest BCUT2D eigenvalue weighted by molar-refractivity contribution is 5.82. The Labute approximate surface area is 314 Å². The van der Waals surface area contributed by atoms with Gasteiger partial charge < -0.3 is 9.80 Å². The van der Waals surface area contributed by atoms with E-state index in [2.05, 4.69) is 216 Å². The Hall–Kier alpha value is -4.30. The van der Waals surface area contributed by atoms with Crippen LogP contribution >= 0.6 is 0 Å². The van der Waals surface area contributed by atoms with Gasteiger partial charge in [-0.1, -0.05) is 131 Å². The van der Waals surface area contributed by atoms with Crippen LogP contribution in [0.5, 0.6) is 0 Å². The van der Waals surface area contributed by atoms with Crippen molar-refractivity contribution < 1.29 is 0 Å². The molecule has 0 N–H and O–H groups in total. The van der Waals surface area contributed by atoms with E-state index in [9.17, 15) is 0 Å². The van der Waals surface area contributed by atoms with E-state index in [1.165, 1.54) is 44.8 Å². The lowest BCUT2D eigenvalue weighted by molar-refractivity contribution is 0.125. The lowest BCUT2D eigenvalue weighted by Gasteiger charge is -2.44. The summed E-state index contributed by atoms with van der Waals surface area (Å²) in [5.41, 5.74) is 15.7. The highest BCUT2D eigenvalue weighted by Gasteiger charge is 2.58. The molecule has 0 heterocycles. The van der Waals surface area contributed by atoms with Crippen molar-refractivity contribution in [3.63, 3.8) is 0 Å². The Morgan fingerprint density at radius 2 is 0.519 bits per heavy atom. The second-order valence-electron chi connectivity index (χ2n) is 19.1. The molecule has 2 heteroatoms. The summed E-state index contributed by atoms with van der Waals surface area (Å²) in [7, 11) is 0. The first-order chi connectivity index (χ1) is 24.1. The minimum absolute atomic E-state index is 0.0219. The first kappa shape index (κ1) is 36.1. The molecule has 2 nitrogen and oxygen atoms in total. The molecular formula is C50H60N2. The number of hydrogen-bond acceptors (Lipinski definition) is 2. The second-order valence-corrected chi connectivity index (χ2v) is 19.1. The largest absolute Gasteiger partial charge is 0.310 e. The number of rotatable bonds is 6. The summed E-state index contributed by atoms with van der Waals surface area (Å²) in [5.74, 6) is 0. The predicted octanol–water partition coefficient (Wildman–Crippen LogP) is 14.4. The van der Waals surface area contributed by atoms with Crippen molar-refractivity contribution >= 4 is 34.1 Å². The standard InChI is InChI=1S/C50H60N2/c1-33-15-19-35(20-16-33)51(39-27-29-41-43(31-39)47(7,8)49(11,12)45(41,3)4)37-23-25-38(26-24-37)52(36-21-17-34(2)18-22-36)40-28-30-42-44(32-40)48(9,10)50(13,14)46(42,5)6/h15-32H,1-14H3. The van der Waals surface area contributed by atoms with E-state index in [0.29, 0.717) is 0 Å². The van der Waals surface area contributed by atoms with Crippen molar-refractivity contribution in [1.29, 1.82) is 0 Å². The molecule has 0 bridgehead atoms. The normalized spacial score (nSPS) is 19.5. The molecule has 0 radical (unpaired) electrons. The monoisotopic (exact) mass is 688 g/mol. The molecule has 52 heavy (non-hydrogen) atoms. The Bertz CT molecular complexity index is 1980. The summed E-state index contributed by atoms with van der Waals surface area (Å²) in [6.07, 6.45) is 0. The van der Waals surface area contributed by atoms with E-state index in [4.69, 9.17) is 0 Å². The van der Waals surface area contributed by atoms with Gasteiger partial charge in [-0.05, 0) is 141 Å². The van der Waals surface area contributed by atoms with Crippen molar-refractivity contribution in [1.82, 2.24) is 0 Å². The van der Waals surface area contributed by atoms with Crippen molar-refractivity contribution in [2.24, 2.45) is 10.8 Å². The average molecular weight is 689 g/mol. The zero-order valence-corrected chi connectivity index (χ0v) is 34.3. The Morgan fingerprint density at radius 1 is 0.288 bits per heavy atom. The summed E-state index contributed by atoms with van der Waals surface area (Å²) in [6, 6.07) is 41.5. The van der Waals surface area contributed by atoms with Gasteiger partial charge in [-0.2, -0.15) is 0 Å². The Morgan fingerprint density at radius 3 is 0.808 bits per heavy atom. The second kappa shape index (κ2) is 11.6. The average Bonchev–Trinajstić information content (AvgIpc) is 3.27. The number of nitrogens with zero attached hydrogens (tertiary/aromatic N) is 2. The van der Waals surface area contributed by atoms with E-state index in [1.807, 2.05) is 0 Å². The van der Waals surface area contributed by atoms with E-state index in [0.717, 1.165) is 22.7 Å². The van der Waals surface area contributed by atoms with E-state index in [1.54, 1.807) is 0 Å². The number of benzene rings is 5. The molecule has 5 aromatic carbocycles. The fraction of sp³-hybridized carbons (Fsp3) is 0.400. The van der Waals surface area contributed by atoms with E-state index < -0.39 is 0 Å². The molecule has 0 unspecified atom stereocenters. The zero-order chi connectivity index (χ0) is 37.8. The third kappa shape index (κ3) is 4.96. The molecule has 5 aromatic rings. The van der Waals surface area contributed by atoms with Crippen LogP contribution in [-0.2, 0) is 21.7 Å². The van der Waals surface area contributed by atoms with Crippen LogP contribution in [0.25, 0.3) is 0 Å². The molecule has 0 amide bonds. The molecule has 0 saturated heterocycles. The fourth-order valence-corrected chi connectivity index (χ4v) is 9.41. The maximum atomic E-state index is 2.47. The first-order valence-electron chi connectivity index (χ1n) is 19.3. The number of aryl methyl sites for hydroxylation is 2. The molecule has 7 rings (SSSR count). The Balaban J connectivity index is 1.36. The summed E-state index contributed by atoms with van der Waals surface area (Å²) in [6.45, 7) is 33.4. The van der Waals surface area contributed by atoms with Crippen molar-refractivity contribution in [2.75, 3.05) is 9.80 Å². The minimum atomic E-state index is 0.0219. The zero-order valence-electron chi connectivity index (χ0n) is 34.3. The van der Waals surface area contributed by atoms with Gasteiger partial charge in [0.1, 0.15) is 0 Å². The summed E-state index contributed by atoms with van der Waals surface area (Å²) in [5, 5.41) is 0. The first-order valence-corrected chi connectivity index (χ1v) is 19.3. The molecule has 2 aliphatic carbocycles. The lowest BCUT2D eigenvalue weighted by Crippen LogP contribution is -2.42. The van der Waals surface area contributed by atoms with Gasteiger partial charge in [0.25, 0.3) is 0 Å². The van der Waals surface area contributed by atoms with Crippen LogP contribution in [0.3, 0.4) is 0 Å². The van der Waals surface area contributed by atoms with Gasteiger partial charge in [0.15, 0.2) is 0 Å². The summed E-state index contributed by atoms with van der Waals surface area (Å²) in [4.78, 5) is 4.85. The van der Waals surface area contributed by atoms with Gasteiger partial charge in [0.05, 0.1) is 0 Å². The lowest BCUT2D eigenvalue weighted by atomic mass is 9.59. The van der Waals surface area contributed by atoms with Crippen molar-refractivity contribution in [3.8, 4) is 0 Å². The molecule has 0 fully saturated rings. The highest BCUT2D eigenvalue weighted by atomic mass is 15.2. The van der Waals surface area contributed by atoms with Crippen molar-refractivity contribution in [2.45, 2.75) is 119 Å². The van der Waals surface area contributed by atoms with Gasteiger partial charge in [0.2, 0.25) is 0 Å². The fourth-order valence-electron chi connectivity index (χ4n) is 9.41. The number of anilines is 6. The maximum Gasteiger partial charge on any atom is 0.0464 e. The van der Waals surface area contributed by atoms with Crippen LogP contribution in [0.1, 0.15) is 116 Å².